The summed E-state index contributed by atoms with van der Waals surface area (Å²) in [5.74, 6) is 1.86. The maximum absolute atomic E-state index is 6.40. The van der Waals surface area contributed by atoms with E-state index in [4.69, 9.17) is 15.5 Å². The van der Waals surface area contributed by atoms with Gasteiger partial charge in [-0.25, -0.2) is 4.98 Å². The third kappa shape index (κ3) is 3.53. The zero-order valence-corrected chi connectivity index (χ0v) is 15.6. The van der Waals surface area contributed by atoms with Crippen LogP contribution in [0, 0.1) is 0 Å². The second kappa shape index (κ2) is 7.80. The van der Waals surface area contributed by atoms with Crippen molar-refractivity contribution in [3.8, 4) is 5.75 Å². The first kappa shape index (κ1) is 17.6. The second-order valence-electron chi connectivity index (χ2n) is 6.83. The number of hydrogen-bond donors (Lipinski definition) is 1. The van der Waals surface area contributed by atoms with Crippen molar-refractivity contribution in [2.75, 3.05) is 6.61 Å². The summed E-state index contributed by atoms with van der Waals surface area (Å²) in [5.41, 5.74) is 8.50. The zero-order valence-electron chi connectivity index (χ0n) is 15.6. The summed E-state index contributed by atoms with van der Waals surface area (Å²) < 4.78 is 8.36. The predicted octanol–water partition coefficient (Wildman–Crippen LogP) is 5.07. The van der Waals surface area contributed by atoms with Gasteiger partial charge in [-0.3, -0.25) is 0 Å². The van der Waals surface area contributed by atoms with Gasteiger partial charge in [0.2, 0.25) is 0 Å². The van der Waals surface area contributed by atoms with E-state index < -0.39 is 0 Å². The maximum atomic E-state index is 6.40. The molecule has 0 amide bonds. The molecule has 0 bridgehead atoms. The molecule has 3 aromatic carbocycles. The van der Waals surface area contributed by atoms with Crippen molar-refractivity contribution in [2.24, 2.45) is 5.73 Å². The highest BCUT2D eigenvalue weighted by Crippen LogP contribution is 2.26. The van der Waals surface area contributed by atoms with E-state index in [0.717, 1.165) is 47.4 Å². The van der Waals surface area contributed by atoms with E-state index in [0.29, 0.717) is 6.61 Å². The molecule has 1 unspecified atom stereocenters. The molecule has 0 radical (unpaired) electrons. The molecular weight excluding hydrogens is 334 g/mol. The molecule has 1 heterocycles. The molecule has 0 aliphatic carbocycles. The number of benzene rings is 3. The Labute approximate surface area is 159 Å². The molecule has 0 saturated carbocycles. The molecule has 1 aromatic heterocycles. The van der Waals surface area contributed by atoms with Crippen molar-refractivity contribution in [1.82, 2.24) is 9.55 Å². The minimum absolute atomic E-state index is 0.0556. The van der Waals surface area contributed by atoms with Crippen molar-refractivity contribution >= 4 is 21.8 Å². The Kier molecular flexibility index (Phi) is 5.07. The standard InChI is InChI=1S/C23H25N3O/c1-2-8-19(24)23-25-20-12-5-6-13-21(20)26(23)15-16-27-22-14-7-10-17-9-3-4-11-18(17)22/h3-7,9-14,19H,2,8,15-16,24H2,1H3. The lowest BCUT2D eigenvalue weighted by Crippen LogP contribution is -2.19. The highest BCUT2D eigenvalue weighted by Gasteiger charge is 2.16. The number of fused-ring (bicyclic) bond motifs is 2. The normalized spacial score (nSPS) is 12.5. The number of nitrogens with two attached hydrogens (primary N) is 1. The lowest BCUT2D eigenvalue weighted by molar-refractivity contribution is 0.300. The van der Waals surface area contributed by atoms with Crippen LogP contribution in [-0.4, -0.2) is 16.2 Å². The lowest BCUT2D eigenvalue weighted by Gasteiger charge is -2.15. The molecular formula is C23H25N3O. The Morgan fingerprint density at radius 1 is 1.00 bits per heavy atom. The Bertz CT molecular complexity index is 1050. The number of imidazole rings is 1. The van der Waals surface area contributed by atoms with Crippen LogP contribution in [0.2, 0.25) is 0 Å². The van der Waals surface area contributed by atoms with Gasteiger partial charge in [0.25, 0.3) is 0 Å². The average Bonchev–Trinajstić information content (AvgIpc) is 3.07. The summed E-state index contributed by atoms with van der Waals surface area (Å²) in [4.78, 5) is 4.79. The summed E-state index contributed by atoms with van der Waals surface area (Å²) in [6.07, 6.45) is 1.96. The molecule has 1 atom stereocenters. The Hall–Kier alpha value is -2.85. The molecule has 4 nitrogen and oxygen atoms in total. The summed E-state index contributed by atoms with van der Waals surface area (Å²) in [7, 11) is 0. The first-order valence-electron chi connectivity index (χ1n) is 9.59. The van der Waals surface area contributed by atoms with Gasteiger partial charge in [0.1, 0.15) is 18.2 Å². The summed E-state index contributed by atoms with van der Waals surface area (Å²) in [5, 5.41) is 2.33. The van der Waals surface area contributed by atoms with Gasteiger partial charge in [0.15, 0.2) is 0 Å². The van der Waals surface area contributed by atoms with E-state index in [2.05, 4.69) is 35.8 Å². The highest BCUT2D eigenvalue weighted by atomic mass is 16.5. The molecule has 0 spiro atoms. The Morgan fingerprint density at radius 2 is 1.78 bits per heavy atom. The van der Waals surface area contributed by atoms with E-state index in [1.54, 1.807) is 0 Å². The number of rotatable bonds is 7. The minimum atomic E-state index is -0.0556. The van der Waals surface area contributed by atoms with Crippen LogP contribution in [0.4, 0.5) is 0 Å². The quantitative estimate of drug-likeness (QED) is 0.501. The van der Waals surface area contributed by atoms with Crippen LogP contribution in [0.25, 0.3) is 21.8 Å². The molecule has 0 fully saturated rings. The minimum Gasteiger partial charge on any atom is -0.491 e. The van der Waals surface area contributed by atoms with Crippen molar-refractivity contribution in [1.29, 1.82) is 0 Å². The van der Waals surface area contributed by atoms with Crippen LogP contribution in [0.15, 0.2) is 66.7 Å². The van der Waals surface area contributed by atoms with Crippen LogP contribution < -0.4 is 10.5 Å². The lowest BCUT2D eigenvalue weighted by atomic mass is 10.1. The molecule has 138 valence electrons. The average molecular weight is 359 g/mol. The van der Waals surface area contributed by atoms with Gasteiger partial charge >= 0.3 is 0 Å². The first-order chi connectivity index (χ1) is 13.3. The fourth-order valence-corrected chi connectivity index (χ4v) is 3.62. The van der Waals surface area contributed by atoms with Crippen LogP contribution in [0.3, 0.4) is 0 Å². The SMILES string of the molecule is CCCC(N)c1nc2ccccc2n1CCOc1cccc2ccccc12. The first-order valence-corrected chi connectivity index (χ1v) is 9.59. The highest BCUT2D eigenvalue weighted by molar-refractivity contribution is 5.88. The topological polar surface area (TPSA) is 53.1 Å². The Morgan fingerprint density at radius 3 is 2.67 bits per heavy atom. The summed E-state index contributed by atoms with van der Waals surface area (Å²) in [6.45, 7) is 3.44. The number of ether oxygens (including phenoxy) is 1. The predicted molar refractivity (Wildman–Crippen MR) is 111 cm³/mol. The number of hydrogen-bond acceptors (Lipinski definition) is 3. The molecule has 0 aliphatic rings. The van der Waals surface area contributed by atoms with E-state index in [9.17, 15) is 0 Å². The molecule has 0 saturated heterocycles. The number of nitrogens with zero attached hydrogens (tertiary/aromatic N) is 2. The van der Waals surface area contributed by atoms with E-state index >= 15 is 0 Å². The van der Waals surface area contributed by atoms with Crippen molar-refractivity contribution in [3.05, 3.63) is 72.6 Å². The van der Waals surface area contributed by atoms with Crippen LogP contribution in [0.5, 0.6) is 5.75 Å². The van der Waals surface area contributed by atoms with Gasteiger partial charge in [-0.2, -0.15) is 0 Å². The summed E-state index contributed by atoms with van der Waals surface area (Å²) >= 11 is 0. The third-order valence-corrected chi connectivity index (χ3v) is 4.94. The van der Waals surface area contributed by atoms with Gasteiger partial charge in [-0.05, 0) is 30.0 Å². The van der Waals surface area contributed by atoms with E-state index in [1.165, 1.54) is 5.39 Å². The van der Waals surface area contributed by atoms with E-state index in [1.807, 2.05) is 42.5 Å². The van der Waals surface area contributed by atoms with Gasteiger partial charge in [-0.15, -0.1) is 0 Å². The second-order valence-corrected chi connectivity index (χ2v) is 6.83. The van der Waals surface area contributed by atoms with E-state index in [-0.39, 0.29) is 6.04 Å². The largest absolute Gasteiger partial charge is 0.491 e. The number of para-hydroxylation sites is 2. The molecule has 4 heteroatoms. The number of aromatic nitrogens is 2. The van der Waals surface area contributed by atoms with Crippen molar-refractivity contribution < 1.29 is 4.74 Å². The monoisotopic (exact) mass is 359 g/mol. The van der Waals surface area contributed by atoms with Gasteiger partial charge in [-0.1, -0.05) is 61.9 Å². The maximum Gasteiger partial charge on any atom is 0.127 e. The Balaban J connectivity index is 1.59. The fourth-order valence-electron chi connectivity index (χ4n) is 3.62. The molecule has 27 heavy (non-hydrogen) atoms. The third-order valence-electron chi connectivity index (χ3n) is 4.94. The van der Waals surface area contributed by atoms with Crippen LogP contribution in [0.1, 0.15) is 31.6 Å². The van der Waals surface area contributed by atoms with Gasteiger partial charge in [0, 0.05) is 5.39 Å². The van der Waals surface area contributed by atoms with Crippen LogP contribution >= 0.6 is 0 Å². The molecule has 4 rings (SSSR count). The zero-order chi connectivity index (χ0) is 18.6. The molecule has 4 aromatic rings. The van der Waals surface area contributed by atoms with Crippen molar-refractivity contribution in [2.45, 2.75) is 32.4 Å². The van der Waals surface area contributed by atoms with Gasteiger partial charge in [0.05, 0.1) is 23.6 Å². The fraction of sp³-hybridized carbons (Fsp3) is 0.261. The smallest absolute Gasteiger partial charge is 0.127 e. The van der Waals surface area contributed by atoms with Crippen LogP contribution in [-0.2, 0) is 6.54 Å². The molecule has 2 N–H and O–H groups in total. The molecule has 0 aliphatic heterocycles. The van der Waals surface area contributed by atoms with Crippen molar-refractivity contribution in [3.63, 3.8) is 0 Å². The van der Waals surface area contributed by atoms with Gasteiger partial charge < -0.3 is 15.0 Å². The summed E-state index contributed by atoms with van der Waals surface area (Å²) in [6, 6.07) is 22.6.